The Morgan fingerprint density at radius 2 is 1.10 bits per heavy atom. The highest BCUT2D eigenvalue weighted by Crippen LogP contribution is 2.39. The van der Waals surface area contributed by atoms with Gasteiger partial charge in [0.25, 0.3) is 19.3 Å². The van der Waals surface area contributed by atoms with E-state index >= 15 is 4.39 Å². The topological polar surface area (TPSA) is 84.4 Å². The number of pyridine rings is 3. The van der Waals surface area contributed by atoms with Crippen LogP contribution in [0, 0.1) is 11.6 Å². The minimum atomic E-state index is -2.73. The lowest BCUT2D eigenvalue weighted by Crippen LogP contribution is -2.22. The molecule has 9 aromatic rings. The second kappa shape index (κ2) is 21.0. The molecule has 0 bridgehead atoms. The maximum atomic E-state index is 15.3. The van der Waals surface area contributed by atoms with Gasteiger partial charge >= 0.3 is 0 Å². The first-order valence-corrected chi connectivity index (χ1v) is 25.3. The van der Waals surface area contributed by atoms with Gasteiger partial charge in [-0.05, 0) is 30.3 Å². The van der Waals surface area contributed by atoms with Crippen molar-refractivity contribution in [3.63, 3.8) is 0 Å². The molecule has 9 rings (SSSR count). The zero-order valence-electron chi connectivity index (χ0n) is 35.7. The lowest BCUT2D eigenvalue weighted by Gasteiger charge is -2.17. The summed E-state index contributed by atoms with van der Waals surface area (Å²) in [5, 5.41) is 2.03. The van der Waals surface area contributed by atoms with Crippen molar-refractivity contribution >= 4 is 75.6 Å². The smallest absolute Gasteiger partial charge is 0.264 e. The number of rotatable bonds is 11. The fourth-order valence-corrected chi connectivity index (χ4v) is 8.45. The van der Waals surface area contributed by atoms with Crippen LogP contribution >= 0.6 is 34.8 Å². The number of hydrogen-bond donors (Lipinski definition) is 2. The second-order valence-corrected chi connectivity index (χ2v) is 23.1. The van der Waals surface area contributed by atoms with Crippen LogP contribution in [0.15, 0.2) is 116 Å². The van der Waals surface area contributed by atoms with Gasteiger partial charge in [0, 0.05) is 77.7 Å². The van der Waals surface area contributed by atoms with Gasteiger partial charge in [-0.3, -0.25) is 0 Å². The SMILES string of the molecule is C[Si](C)(C)CCOCn1c(-c2ccccc2C(F)F)c(F)c2cnc(Cl)cc21.FC(F)c1ccccc1-c1cc2cnc(Cl)cc2[nH]1.Fc1c(-c2ccccc2C(F)F)[nH]c2cc(Cl)ncc12. The number of alkyl halides is 6. The van der Waals surface area contributed by atoms with Gasteiger partial charge < -0.3 is 19.3 Å². The van der Waals surface area contributed by atoms with Gasteiger partial charge in [-0.1, -0.05) is 127 Å². The predicted molar refractivity (Wildman–Crippen MR) is 252 cm³/mol. The third kappa shape index (κ3) is 11.3. The molecule has 6 heterocycles. The molecule has 6 aromatic heterocycles. The molecule has 0 saturated carbocycles. The third-order valence-electron chi connectivity index (χ3n) is 10.5. The summed E-state index contributed by atoms with van der Waals surface area (Å²) in [5.74, 6) is -1.22. The van der Waals surface area contributed by atoms with Gasteiger partial charge in [-0.15, -0.1) is 0 Å². The third-order valence-corrected chi connectivity index (χ3v) is 12.9. The Labute approximate surface area is 394 Å². The summed E-state index contributed by atoms with van der Waals surface area (Å²) >= 11 is 17.5. The lowest BCUT2D eigenvalue weighted by molar-refractivity contribution is 0.0908. The van der Waals surface area contributed by atoms with Gasteiger partial charge in [0.1, 0.15) is 22.2 Å². The van der Waals surface area contributed by atoms with Gasteiger partial charge in [-0.2, -0.15) is 0 Å². The molecule has 0 aliphatic heterocycles. The quantitative estimate of drug-likeness (QED) is 0.0585. The molecule has 7 nitrogen and oxygen atoms in total. The van der Waals surface area contributed by atoms with Crippen LogP contribution in [0.4, 0.5) is 35.1 Å². The highest BCUT2D eigenvalue weighted by atomic mass is 35.5. The Bertz CT molecular complexity index is 3170. The lowest BCUT2D eigenvalue weighted by atomic mass is 10.0. The minimum absolute atomic E-state index is 0.00751. The number of nitrogens with zero attached hydrogens (tertiary/aromatic N) is 4. The number of fused-ring (bicyclic) bond motifs is 3. The van der Waals surface area contributed by atoms with Crippen molar-refractivity contribution in [1.29, 1.82) is 0 Å². The molecule has 348 valence electrons. The summed E-state index contributed by atoms with van der Waals surface area (Å²) in [6.45, 7) is 7.26. The molecule has 67 heavy (non-hydrogen) atoms. The summed E-state index contributed by atoms with van der Waals surface area (Å²) in [4.78, 5) is 17.6. The van der Waals surface area contributed by atoms with E-state index < -0.39 is 39.0 Å². The Morgan fingerprint density at radius 3 is 1.72 bits per heavy atom. The van der Waals surface area contributed by atoms with Gasteiger partial charge in [-0.25, -0.2) is 50.1 Å². The molecule has 0 aliphatic carbocycles. The molecular weight excluding hydrogens is 963 g/mol. The number of nitrogens with one attached hydrogen (secondary N) is 2. The fraction of sp³-hybridized carbons (Fsp3) is 0.188. The predicted octanol–water partition coefficient (Wildman–Crippen LogP) is 16.5. The first-order chi connectivity index (χ1) is 31.9. The zero-order chi connectivity index (χ0) is 48.2. The number of halogens is 11. The van der Waals surface area contributed by atoms with E-state index in [9.17, 15) is 30.7 Å². The first-order valence-electron chi connectivity index (χ1n) is 20.4. The number of H-pyrrole nitrogens is 2. The standard InChI is InChI=1S/C20H22ClF3N2OSi.C14H8ClF3N2.C14H9ClF2N2/c1-28(2,3)9-8-27-12-26-16-10-17(21)25-11-15(16)18(22)19(26)13-6-4-5-7-14(13)20(23)24;15-11-5-10-9(6-19-11)12(16)13(20-10)7-3-1-2-4-8(7)14(17)18;15-13-6-11-8(7-18-13)5-12(19-11)9-3-1-2-4-10(9)14(16)17/h4-7,10-11,20H,8-9,12H2,1-3H3;1-6,14,20H;1-7,14,19H. The van der Waals surface area contributed by atoms with Crippen LogP contribution in [0.25, 0.3) is 66.5 Å². The zero-order valence-corrected chi connectivity index (χ0v) is 38.9. The van der Waals surface area contributed by atoms with Crippen molar-refractivity contribution in [2.45, 2.75) is 51.7 Å². The van der Waals surface area contributed by atoms with Crippen LogP contribution in [0.3, 0.4) is 0 Å². The average molecular weight is 1000 g/mol. The number of benzene rings is 3. The van der Waals surface area contributed by atoms with Gasteiger partial charge in [0.15, 0.2) is 11.6 Å². The fourth-order valence-electron chi connectivity index (χ4n) is 7.22. The van der Waals surface area contributed by atoms with Crippen molar-refractivity contribution in [2.24, 2.45) is 0 Å². The van der Waals surface area contributed by atoms with Crippen molar-refractivity contribution in [1.82, 2.24) is 29.5 Å². The van der Waals surface area contributed by atoms with E-state index in [-0.39, 0.29) is 67.0 Å². The monoisotopic (exact) mass is 1000 g/mol. The van der Waals surface area contributed by atoms with E-state index in [1.807, 2.05) is 0 Å². The van der Waals surface area contributed by atoms with Crippen LogP contribution < -0.4 is 0 Å². The van der Waals surface area contributed by atoms with Crippen molar-refractivity contribution in [3.8, 4) is 33.8 Å². The van der Waals surface area contributed by atoms with E-state index in [4.69, 9.17) is 39.5 Å². The largest absolute Gasteiger partial charge is 0.361 e. The molecule has 0 atom stereocenters. The summed E-state index contributed by atoms with van der Waals surface area (Å²) in [7, 11) is -1.29. The van der Waals surface area contributed by atoms with Crippen LogP contribution in [0.5, 0.6) is 0 Å². The van der Waals surface area contributed by atoms with E-state index in [0.29, 0.717) is 34.1 Å². The number of ether oxygens (including phenoxy) is 1. The molecule has 2 N–H and O–H groups in total. The summed E-state index contributed by atoms with van der Waals surface area (Å²) in [6, 6.07) is 25.5. The summed E-state index contributed by atoms with van der Waals surface area (Å²) in [6.07, 6.45) is -3.71. The molecule has 0 spiro atoms. The molecule has 19 heteroatoms. The van der Waals surface area contributed by atoms with E-state index in [2.05, 4.69) is 44.6 Å². The maximum absolute atomic E-state index is 15.3. The van der Waals surface area contributed by atoms with Crippen molar-refractivity contribution in [3.05, 3.63) is 159 Å². The second-order valence-electron chi connectivity index (χ2n) is 16.3. The van der Waals surface area contributed by atoms with Gasteiger partial charge in [0.05, 0.1) is 38.7 Å². The van der Waals surface area contributed by atoms with E-state index in [1.54, 1.807) is 53.2 Å². The highest BCUT2D eigenvalue weighted by molar-refractivity contribution is 6.76. The Balaban J connectivity index is 0.000000153. The normalized spacial score (nSPS) is 11.8. The van der Waals surface area contributed by atoms with Crippen LogP contribution in [0.2, 0.25) is 41.1 Å². The Kier molecular flexibility index (Phi) is 15.4. The molecule has 0 aliphatic rings. The first kappa shape index (κ1) is 49.1. The number of aromatic nitrogens is 6. The molecule has 0 radical (unpaired) electrons. The maximum Gasteiger partial charge on any atom is 0.264 e. The number of hydrogen-bond acceptors (Lipinski definition) is 4. The Hall–Kier alpha value is -5.78. The summed E-state index contributed by atoms with van der Waals surface area (Å²) < 4.78 is 116. The molecule has 0 amide bonds. The molecule has 0 unspecified atom stereocenters. The average Bonchev–Trinajstić information content (AvgIpc) is 3.95. The van der Waals surface area contributed by atoms with Crippen LogP contribution in [0.1, 0.15) is 36.0 Å². The molecule has 0 saturated heterocycles. The summed E-state index contributed by atoms with van der Waals surface area (Å²) in [5.41, 5.74) is 2.67. The van der Waals surface area contributed by atoms with Crippen molar-refractivity contribution < 1.29 is 39.9 Å². The molecule has 3 aromatic carbocycles. The van der Waals surface area contributed by atoms with Gasteiger partial charge in [0.2, 0.25) is 0 Å². The molecule has 0 fully saturated rings. The van der Waals surface area contributed by atoms with E-state index in [1.165, 1.54) is 67.0 Å². The minimum Gasteiger partial charge on any atom is -0.361 e. The Morgan fingerprint density at radius 1 is 0.597 bits per heavy atom. The van der Waals surface area contributed by atoms with Crippen LogP contribution in [-0.2, 0) is 11.5 Å². The van der Waals surface area contributed by atoms with Crippen molar-refractivity contribution in [2.75, 3.05) is 6.61 Å². The van der Waals surface area contributed by atoms with Crippen LogP contribution in [-0.4, -0.2) is 44.2 Å². The highest BCUT2D eigenvalue weighted by Gasteiger charge is 2.25. The number of aromatic amines is 2. The van der Waals surface area contributed by atoms with E-state index in [0.717, 1.165) is 16.9 Å². The molecular formula is C48H39Cl3F8N6OSi.